The van der Waals surface area contributed by atoms with E-state index in [-0.39, 0.29) is 10.8 Å². The largest absolute Gasteiger partial charge is 0.529 e. The third kappa shape index (κ3) is 2.31. The normalized spacial score (nSPS) is 32.0. The Bertz CT molecular complexity index is 464. The van der Waals surface area contributed by atoms with Gasteiger partial charge in [0, 0.05) is 9.90 Å². The summed E-state index contributed by atoms with van der Waals surface area (Å²) in [4.78, 5) is 0. The number of halogens is 1. The van der Waals surface area contributed by atoms with Crippen LogP contribution in [-0.2, 0) is 18.1 Å². The summed E-state index contributed by atoms with van der Waals surface area (Å²) in [5, 5.41) is 0. The van der Waals surface area contributed by atoms with Gasteiger partial charge in [0.25, 0.3) is 0 Å². The van der Waals surface area contributed by atoms with Crippen molar-refractivity contribution in [2.45, 2.75) is 47.5 Å². The Morgan fingerprint density at radius 1 is 1.25 bits per heavy atom. The maximum absolute atomic E-state index is 12.6. The molecule has 1 saturated carbocycles. The van der Waals surface area contributed by atoms with Gasteiger partial charge >= 0.3 is 7.82 Å². The maximum Gasteiger partial charge on any atom is 0.529 e. The summed E-state index contributed by atoms with van der Waals surface area (Å²) in [6.45, 7) is 10.8. The summed E-state index contributed by atoms with van der Waals surface area (Å²) in [5.41, 5.74) is -0.0369. The Balaban J connectivity index is 2.32. The Kier molecular flexibility index (Phi) is 4.48. The van der Waals surface area contributed by atoms with Gasteiger partial charge in [-0.1, -0.05) is 36.7 Å². The molecule has 2 aliphatic rings. The molecule has 0 aliphatic heterocycles. The molecule has 0 aromatic carbocycles. The molecular formula is C14H24BrO4P. The van der Waals surface area contributed by atoms with E-state index in [1.54, 1.807) is 13.8 Å². The molecule has 2 aliphatic carbocycles. The van der Waals surface area contributed by atoms with E-state index >= 15 is 0 Å². The SMILES string of the molecule is CCOP(=O)(OCC)OC1=C(Br)C2CCC1(C)C2(C)C. The molecular weight excluding hydrogens is 343 g/mol. The predicted octanol–water partition coefficient (Wildman–Crippen LogP) is 5.25. The second-order valence-electron chi connectivity index (χ2n) is 6.20. The molecule has 0 amide bonds. The van der Waals surface area contributed by atoms with Gasteiger partial charge in [0.1, 0.15) is 5.76 Å². The van der Waals surface area contributed by atoms with E-state index in [9.17, 15) is 4.57 Å². The highest BCUT2D eigenvalue weighted by Crippen LogP contribution is 2.71. The second kappa shape index (κ2) is 5.42. The number of hydrogen-bond acceptors (Lipinski definition) is 4. The topological polar surface area (TPSA) is 44.8 Å². The molecule has 2 bridgehead atoms. The Morgan fingerprint density at radius 2 is 1.80 bits per heavy atom. The molecule has 2 unspecified atom stereocenters. The minimum atomic E-state index is -3.52. The van der Waals surface area contributed by atoms with Crippen molar-refractivity contribution in [2.75, 3.05) is 13.2 Å². The second-order valence-corrected chi connectivity index (χ2v) is 8.64. The zero-order chi connectivity index (χ0) is 15.2. The van der Waals surface area contributed by atoms with Crippen LogP contribution in [0.5, 0.6) is 0 Å². The van der Waals surface area contributed by atoms with Crippen LogP contribution in [0.4, 0.5) is 0 Å². The molecule has 0 aromatic rings. The summed E-state index contributed by atoms with van der Waals surface area (Å²) >= 11 is 3.65. The van der Waals surface area contributed by atoms with Crippen LogP contribution in [0, 0.1) is 16.7 Å². The molecule has 2 atom stereocenters. The molecule has 0 aromatic heterocycles. The highest BCUT2D eigenvalue weighted by Gasteiger charge is 2.62. The average molecular weight is 367 g/mol. The lowest BCUT2D eigenvalue weighted by Crippen LogP contribution is -2.30. The first-order valence-electron chi connectivity index (χ1n) is 7.20. The van der Waals surface area contributed by atoms with E-state index in [1.165, 1.54) is 0 Å². The molecule has 0 N–H and O–H groups in total. The summed E-state index contributed by atoms with van der Waals surface area (Å²) in [7, 11) is -3.52. The number of fused-ring (bicyclic) bond motifs is 2. The Morgan fingerprint density at radius 3 is 2.20 bits per heavy atom. The lowest BCUT2D eigenvalue weighted by atomic mass is 9.70. The predicted molar refractivity (Wildman–Crippen MR) is 82.5 cm³/mol. The summed E-state index contributed by atoms with van der Waals surface area (Å²) in [6.07, 6.45) is 2.16. The molecule has 6 heteroatoms. The minimum absolute atomic E-state index is 0.0877. The van der Waals surface area contributed by atoms with Crippen molar-refractivity contribution in [1.29, 1.82) is 0 Å². The number of phosphoric ester groups is 1. The van der Waals surface area contributed by atoms with Crippen LogP contribution in [0.15, 0.2) is 10.2 Å². The number of phosphoric acid groups is 1. The first-order chi connectivity index (χ1) is 9.22. The molecule has 2 rings (SSSR count). The van der Waals surface area contributed by atoms with E-state index in [1.807, 2.05) is 0 Å². The van der Waals surface area contributed by atoms with Crippen molar-refractivity contribution >= 4 is 23.8 Å². The van der Waals surface area contributed by atoms with Gasteiger partial charge in [-0.3, -0.25) is 9.05 Å². The fourth-order valence-electron chi connectivity index (χ4n) is 3.43. The monoisotopic (exact) mass is 366 g/mol. The lowest BCUT2D eigenvalue weighted by Gasteiger charge is -2.36. The first-order valence-corrected chi connectivity index (χ1v) is 9.46. The third-order valence-electron chi connectivity index (χ3n) is 5.03. The van der Waals surface area contributed by atoms with Crippen molar-refractivity contribution in [3.8, 4) is 0 Å². The highest BCUT2D eigenvalue weighted by atomic mass is 79.9. The average Bonchev–Trinajstić information content (AvgIpc) is 2.64. The van der Waals surface area contributed by atoms with Crippen molar-refractivity contribution < 1.29 is 18.1 Å². The number of allylic oxidation sites excluding steroid dienone is 2. The highest BCUT2D eigenvalue weighted by molar-refractivity contribution is 9.11. The Hall–Kier alpha value is 0.170. The van der Waals surface area contributed by atoms with E-state index in [0.29, 0.717) is 19.1 Å². The zero-order valence-electron chi connectivity index (χ0n) is 12.9. The van der Waals surface area contributed by atoms with E-state index < -0.39 is 7.82 Å². The zero-order valence-corrected chi connectivity index (χ0v) is 15.3. The number of rotatable bonds is 6. The molecule has 4 nitrogen and oxygen atoms in total. The smallest absolute Gasteiger partial charge is 0.407 e. The molecule has 0 radical (unpaired) electrons. The van der Waals surface area contributed by atoms with Gasteiger partial charge in [0.2, 0.25) is 0 Å². The quantitative estimate of drug-likeness (QED) is 0.602. The summed E-state index contributed by atoms with van der Waals surface area (Å²) in [6, 6.07) is 0. The molecule has 1 fully saturated rings. The lowest BCUT2D eigenvalue weighted by molar-refractivity contribution is 0.0909. The van der Waals surface area contributed by atoms with Gasteiger partial charge < -0.3 is 4.52 Å². The van der Waals surface area contributed by atoms with Crippen LogP contribution in [0.1, 0.15) is 47.5 Å². The summed E-state index contributed by atoms with van der Waals surface area (Å²) in [5.74, 6) is 1.17. The standard InChI is InChI=1S/C14H24BrO4P/c1-6-17-20(16,18-7-2)19-12-11(15)10-8-9-14(12,5)13(10,3)4/h10H,6-9H2,1-5H3. The number of hydrogen-bond donors (Lipinski definition) is 0. The fourth-order valence-corrected chi connectivity index (χ4v) is 6.22. The van der Waals surface area contributed by atoms with E-state index in [0.717, 1.165) is 23.1 Å². The van der Waals surface area contributed by atoms with Gasteiger partial charge in [-0.2, -0.15) is 0 Å². The third-order valence-corrected chi connectivity index (χ3v) is 7.50. The van der Waals surface area contributed by atoms with Crippen LogP contribution in [0.25, 0.3) is 0 Å². The van der Waals surface area contributed by atoms with Crippen molar-refractivity contribution in [1.82, 2.24) is 0 Å². The van der Waals surface area contributed by atoms with Crippen molar-refractivity contribution in [3.05, 3.63) is 10.2 Å². The van der Waals surface area contributed by atoms with Gasteiger partial charge in [-0.25, -0.2) is 4.57 Å². The van der Waals surface area contributed by atoms with Gasteiger partial charge in [-0.05, 0) is 38.0 Å². The van der Waals surface area contributed by atoms with Gasteiger partial charge in [0.15, 0.2) is 0 Å². The van der Waals surface area contributed by atoms with E-state index in [2.05, 4.69) is 36.7 Å². The molecule has 0 saturated heterocycles. The molecule has 116 valence electrons. The van der Waals surface area contributed by atoms with Crippen molar-refractivity contribution in [3.63, 3.8) is 0 Å². The van der Waals surface area contributed by atoms with Gasteiger partial charge in [0.05, 0.1) is 13.2 Å². The van der Waals surface area contributed by atoms with E-state index in [4.69, 9.17) is 13.6 Å². The van der Waals surface area contributed by atoms with Crippen LogP contribution in [0.3, 0.4) is 0 Å². The van der Waals surface area contributed by atoms with Crippen molar-refractivity contribution in [2.24, 2.45) is 16.7 Å². The molecule has 0 spiro atoms. The Labute approximate surface area is 130 Å². The van der Waals surface area contributed by atoms with Crippen LogP contribution >= 0.6 is 23.8 Å². The maximum atomic E-state index is 12.6. The fraction of sp³-hybridized carbons (Fsp3) is 0.857. The molecule has 20 heavy (non-hydrogen) atoms. The summed E-state index contributed by atoms with van der Waals surface area (Å²) < 4.78 is 30.0. The minimum Gasteiger partial charge on any atom is -0.407 e. The molecule has 0 heterocycles. The van der Waals surface area contributed by atoms with Gasteiger partial charge in [-0.15, -0.1) is 0 Å². The van der Waals surface area contributed by atoms with Crippen LogP contribution in [0.2, 0.25) is 0 Å². The first kappa shape index (κ1) is 16.5. The van der Waals surface area contributed by atoms with Crippen LogP contribution in [-0.4, -0.2) is 13.2 Å². The van der Waals surface area contributed by atoms with Crippen LogP contribution < -0.4 is 0 Å².